The third-order valence-electron chi connectivity index (χ3n) is 4.11. The number of nitriles is 1. The van der Waals surface area contributed by atoms with E-state index in [9.17, 15) is 8.42 Å². The highest BCUT2D eigenvalue weighted by Crippen LogP contribution is 2.36. The summed E-state index contributed by atoms with van der Waals surface area (Å²) in [5.41, 5.74) is -0.0698. The lowest BCUT2D eigenvalue weighted by Gasteiger charge is -2.11. The molecule has 0 atom stereocenters. The highest BCUT2D eigenvalue weighted by molar-refractivity contribution is 7.89. The average molecular weight is 370 g/mol. The van der Waals surface area contributed by atoms with E-state index in [0.717, 1.165) is 0 Å². The first-order valence-electron chi connectivity index (χ1n) is 7.86. The minimum atomic E-state index is -3.86. The number of nitrogens with zero attached hydrogens (tertiary/aromatic N) is 5. The second-order valence-corrected chi connectivity index (χ2v) is 7.93. The maximum Gasteiger partial charge on any atom is 0.277 e. The van der Waals surface area contributed by atoms with Crippen LogP contribution in [-0.2, 0) is 10.0 Å². The molecular formula is C16H14N6O3S. The Morgan fingerprint density at radius 2 is 1.96 bits per heavy atom. The maximum absolute atomic E-state index is 12.7. The van der Waals surface area contributed by atoms with Gasteiger partial charge in [-0.1, -0.05) is 5.16 Å². The van der Waals surface area contributed by atoms with Gasteiger partial charge in [0, 0.05) is 5.39 Å². The molecule has 0 spiro atoms. The molecule has 9 nitrogen and oxygen atoms in total. The molecular weight excluding hydrogens is 356 g/mol. The van der Waals surface area contributed by atoms with Crippen LogP contribution in [0.3, 0.4) is 0 Å². The van der Waals surface area contributed by atoms with E-state index in [4.69, 9.17) is 9.78 Å². The van der Waals surface area contributed by atoms with E-state index in [1.165, 1.54) is 12.1 Å². The zero-order valence-corrected chi connectivity index (χ0v) is 14.8. The standard InChI is InChI=1S/C16H14N6O3S/c1-9-18-13-4-3-11(26(23,24)22-16(8-17)5-6-16)7-12(13)14(19-9)15-20-10(2)21-25-15/h3-4,7,22H,5-6H2,1-2H3. The van der Waals surface area contributed by atoms with Gasteiger partial charge >= 0.3 is 0 Å². The molecule has 0 unspecified atom stereocenters. The van der Waals surface area contributed by atoms with Crippen molar-refractivity contribution in [1.82, 2.24) is 24.8 Å². The number of aryl methyl sites for hydroxylation is 2. The zero-order chi connectivity index (χ0) is 18.5. The lowest BCUT2D eigenvalue weighted by molar-refractivity contribution is 0.424. The summed E-state index contributed by atoms with van der Waals surface area (Å²) in [5.74, 6) is 1.13. The van der Waals surface area contributed by atoms with Gasteiger partial charge in [0.1, 0.15) is 17.1 Å². The van der Waals surface area contributed by atoms with E-state index in [-0.39, 0.29) is 10.8 Å². The van der Waals surface area contributed by atoms with Crippen molar-refractivity contribution < 1.29 is 12.9 Å². The van der Waals surface area contributed by atoms with Gasteiger partial charge in [-0.2, -0.15) is 15.0 Å². The number of hydrogen-bond acceptors (Lipinski definition) is 8. The maximum atomic E-state index is 12.7. The van der Waals surface area contributed by atoms with Crippen LogP contribution in [0.5, 0.6) is 0 Å². The van der Waals surface area contributed by atoms with E-state index in [2.05, 4.69) is 24.8 Å². The summed E-state index contributed by atoms with van der Waals surface area (Å²) < 4.78 is 33.0. The number of nitrogens with one attached hydrogen (secondary N) is 1. The van der Waals surface area contributed by atoms with Gasteiger partial charge < -0.3 is 4.52 Å². The molecule has 1 aliphatic rings. The summed E-state index contributed by atoms with van der Waals surface area (Å²) in [4.78, 5) is 12.9. The first-order chi connectivity index (χ1) is 12.3. The number of rotatable bonds is 4. The van der Waals surface area contributed by atoms with Crippen LogP contribution in [0.25, 0.3) is 22.5 Å². The van der Waals surface area contributed by atoms with Crippen LogP contribution in [-0.4, -0.2) is 34.1 Å². The molecule has 10 heteroatoms. The predicted octanol–water partition coefficient (Wildman–Crippen LogP) is 1.63. The normalized spacial score (nSPS) is 15.7. The fraction of sp³-hybridized carbons (Fsp3) is 0.312. The van der Waals surface area contributed by atoms with Crippen molar-refractivity contribution in [2.45, 2.75) is 37.1 Å². The molecule has 0 radical (unpaired) electrons. The third kappa shape index (κ3) is 2.81. The second kappa shape index (κ2) is 5.55. The van der Waals surface area contributed by atoms with Gasteiger partial charge in [0.15, 0.2) is 5.82 Å². The van der Waals surface area contributed by atoms with Crippen LogP contribution in [0.4, 0.5) is 0 Å². The molecule has 0 aliphatic heterocycles. The highest BCUT2D eigenvalue weighted by atomic mass is 32.2. The third-order valence-corrected chi connectivity index (χ3v) is 5.65. The summed E-state index contributed by atoms with van der Waals surface area (Å²) in [6.07, 6.45) is 1.01. The largest absolute Gasteiger partial charge is 0.332 e. The van der Waals surface area contributed by atoms with E-state index in [1.54, 1.807) is 19.9 Å². The quantitative estimate of drug-likeness (QED) is 0.732. The van der Waals surface area contributed by atoms with Crippen LogP contribution in [0.1, 0.15) is 24.5 Å². The van der Waals surface area contributed by atoms with Crippen molar-refractivity contribution >= 4 is 20.9 Å². The van der Waals surface area contributed by atoms with Crippen molar-refractivity contribution in [1.29, 1.82) is 5.26 Å². The van der Waals surface area contributed by atoms with Crippen molar-refractivity contribution in [2.24, 2.45) is 0 Å². The Morgan fingerprint density at radius 3 is 2.58 bits per heavy atom. The fourth-order valence-electron chi connectivity index (χ4n) is 2.62. The molecule has 0 bridgehead atoms. The first kappa shape index (κ1) is 16.6. The second-order valence-electron chi connectivity index (χ2n) is 6.24. The van der Waals surface area contributed by atoms with Crippen molar-refractivity contribution in [3.63, 3.8) is 0 Å². The molecule has 1 aromatic carbocycles. The Morgan fingerprint density at radius 1 is 1.19 bits per heavy atom. The van der Waals surface area contributed by atoms with Crippen molar-refractivity contribution in [3.05, 3.63) is 29.8 Å². The fourth-order valence-corrected chi connectivity index (χ4v) is 4.03. The van der Waals surface area contributed by atoms with Gasteiger partial charge in [0.25, 0.3) is 5.89 Å². The molecule has 26 heavy (non-hydrogen) atoms. The summed E-state index contributed by atoms with van der Waals surface area (Å²) in [6, 6.07) is 6.52. The van der Waals surface area contributed by atoms with Crippen molar-refractivity contribution in [3.8, 4) is 17.7 Å². The van der Waals surface area contributed by atoms with Gasteiger partial charge in [0.2, 0.25) is 10.0 Å². The molecule has 2 heterocycles. The van der Waals surface area contributed by atoms with Crippen LogP contribution in [0.15, 0.2) is 27.6 Å². The minimum Gasteiger partial charge on any atom is -0.332 e. The Hall–Kier alpha value is -2.90. The molecule has 1 N–H and O–H groups in total. The topological polar surface area (TPSA) is 135 Å². The van der Waals surface area contributed by atoms with Gasteiger partial charge in [0.05, 0.1) is 16.5 Å². The molecule has 1 fully saturated rings. The van der Waals surface area contributed by atoms with E-state index < -0.39 is 15.6 Å². The lowest BCUT2D eigenvalue weighted by Crippen LogP contribution is -2.35. The SMILES string of the molecule is Cc1noc(-c2nc(C)nc3ccc(S(=O)(=O)NC4(C#N)CC4)cc23)n1. The van der Waals surface area contributed by atoms with E-state index in [0.29, 0.717) is 41.1 Å². The Labute approximate surface area is 149 Å². The van der Waals surface area contributed by atoms with Crippen molar-refractivity contribution in [2.75, 3.05) is 0 Å². The predicted molar refractivity (Wildman–Crippen MR) is 90.2 cm³/mol. The number of sulfonamides is 1. The summed E-state index contributed by atoms with van der Waals surface area (Å²) in [6.45, 7) is 3.40. The molecule has 4 rings (SSSR count). The zero-order valence-electron chi connectivity index (χ0n) is 14.0. The van der Waals surface area contributed by atoms with Crippen LogP contribution in [0.2, 0.25) is 0 Å². The number of aromatic nitrogens is 4. The van der Waals surface area contributed by atoms with Crippen LogP contribution >= 0.6 is 0 Å². The number of hydrogen-bond donors (Lipinski definition) is 1. The molecule has 0 saturated heterocycles. The van der Waals surface area contributed by atoms with E-state index >= 15 is 0 Å². The molecule has 2 aromatic heterocycles. The van der Waals surface area contributed by atoms with Crippen LogP contribution in [0, 0.1) is 25.2 Å². The first-order valence-corrected chi connectivity index (χ1v) is 9.35. The molecule has 0 amide bonds. The van der Waals surface area contributed by atoms with Gasteiger partial charge in [-0.25, -0.2) is 18.4 Å². The molecule has 1 saturated carbocycles. The molecule has 3 aromatic rings. The smallest absolute Gasteiger partial charge is 0.277 e. The Kier molecular flexibility index (Phi) is 3.54. The van der Waals surface area contributed by atoms with Gasteiger partial charge in [-0.05, 0) is 44.9 Å². The van der Waals surface area contributed by atoms with Gasteiger partial charge in [-0.3, -0.25) is 0 Å². The van der Waals surface area contributed by atoms with E-state index in [1.807, 2.05) is 6.07 Å². The van der Waals surface area contributed by atoms with Gasteiger partial charge in [-0.15, -0.1) is 0 Å². The minimum absolute atomic E-state index is 0.0245. The molecule has 132 valence electrons. The average Bonchev–Trinajstić information content (AvgIpc) is 3.23. The Bertz CT molecular complexity index is 1170. The summed E-state index contributed by atoms with van der Waals surface area (Å²) >= 11 is 0. The lowest BCUT2D eigenvalue weighted by atomic mass is 10.2. The summed E-state index contributed by atoms with van der Waals surface area (Å²) in [7, 11) is -3.86. The number of benzene rings is 1. The highest BCUT2D eigenvalue weighted by Gasteiger charge is 2.46. The van der Waals surface area contributed by atoms with Crippen LogP contribution < -0.4 is 4.72 Å². The monoisotopic (exact) mass is 370 g/mol. The Balaban J connectivity index is 1.87. The number of fused-ring (bicyclic) bond motifs is 1. The molecule has 1 aliphatic carbocycles. The summed E-state index contributed by atoms with van der Waals surface area (Å²) in [5, 5.41) is 13.4.